The van der Waals surface area contributed by atoms with E-state index in [9.17, 15) is 4.79 Å². The second-order valence-corrected chi connectivity index (χ2v) is 5.25. The molecule has 1 aromatic carbocycles. The van der Waals surface area contributed by atoms with Gasteiger partial charge in [0.2, 0.25) is 5.16 Å². The van der Waals surface area contributed by atoms with Crippen LogP contribution in [0.4, 0.5) is 0 Å². The molecule has 7 nitrogen and oxygen atoms in total. The standard InChI is InChI=1S/C15H18N4O3S/c1-5-22-12-7-6-11(8-13(12)21-3)9-16-19-14(20)10(2)17-18-15(19)23-4/h6-9H,5H2,1-4H3/b16-9-. The van der Waals surface area contributed by atoms with Crippen LogP contribution in [0.3, 0.4) is 0 Å². The number of benzene rings is 1. The number of hydrogen-bond donors (Lipinski definition) is 0. The Hall–Kier alpha value is -2.35. The molecule has 2 rings (SSSR count). The molecule has 8 heteroatoms. The fourth-order valence-corrected chi connectivity index (χ4v) is 2.26. The minimum atomic E-state index is -0.293. The molecule has 0 radical (unpaired) electrons. The van der Waals surface area contributed by atoms with Crippen molar-refractivity contribution in [2.45, 2.75) is 19.0 Å². The van der Waals surface area contributed by atoms with Crippen molar-refractivity contribution < 1.29 is 9.47 Å². The minimum absolute atomic E-state index is 0.293. The molecule has 1 heterocycles. The van der Waals surface area contributed by atoms with Gasteiger partial charge in [0.25, 0.3) is 5.56 Å². The van der Waals surface area contributed by atoms with E-state index in [0.717, 1.165) is 5.56 Å². The predicted molar refractivity (Wildman–Crippen MR) is 90.0 cm³/mol. The van der Waals surface area contributed by atoms with Crippen LogP contribution in [-0.4, -0.2) is 41.1 Å². The molecular formula is C15H18N4O3S. The molecule has 122 valence electrons. The van der Waals surface area contributed by atoms with Gasteiger partial charge in [-0.2, -0.15) is 9.78 Å². The maximum absolute atomic E-state index is 12.1. The number of rotatable bonds is 6. The zero-order valence-electron chi connectivity index (χ0n) is 13.4. The molecule has 0 saturated carbocycles. The molecule has 0 amide bonds. The van der Waals surface area contributed by atoms with Gasteiger partial charge in [0.05, 0.1) is 19.9 Å². The third-order valence-corrected chi connectivity index (χ3v) is 3.58. The summed E-state index contributed by atoms with van der Waals surface area (Å²) in [6, 6.07) is 5.43. The van der Waals surface area contributed by atoms with Crippen molar-refractivity contribution in [2.24, 2.45) is 5.10 Å². The van der Waals surface area contributed by atoms with Gasteiger partial charge in [-0.25, -0.2) is 0 Å². The third kappa shape index (κ3) is 3.89. The van der Waals surface area contributed by atoms with E-state index >= 15 is 0 Å². The Morgan fingerprint density at radius 2 is 2.13 bits per heavy atom. The number of aromatic nitrogens is 3. The van der Waals surface area contributed by atoms with E-state index in [1.165, 1.54) is 16.4 Å². The lowest BCUT2D eigenvalue weighted by molar-refractivity contribution is 0.311. The van der Waals surface area contributed by atoms with E-state index < -0.39 is 0 Å². The molecule has 0 saturated heterocycles. The monoisotopic (exact) mass is 334 g/mol. The SMILES string of the molecule is CCOc1ccc(/C=N\n2c(SC)nnc(C)c2=O)cc1OC. The minimum Gasteiger partial charge on any atom is -0.493 e. The van der Waals surface area contributed by atoms with Crippen LogP contribution in [0.15, 0.2) is 33.3 Å². The lowest BCUT2D eigenvalue weighted by atomic mass is 10.2. The first-order valence-electron chi connectivity index (χ1n) is 6.96. The van der Waals surface area contributed by atoms with Gasteiger partial charge >= 0.3 is 0 Å². The van der Waals surface area contributed by atoms with Crippen LogP contribution in [0.5, 0.6) is 11.5 Å². The fourth-order valence-electron chi connectivity index (χ4n) is 1.84. The highest BCUT2D eigenvalue weighted by molar-refractivity contribution is 7.98. The predicted octanol–water partition coefficient (Wildman–Crippen LogP) is 1.96. The van der Waals surface area contributed by atoms with Gasteiger partial charge in [0.15, 0.2) is 11.5 Å². The maximum atomic E-state index is 12.1. The molecule has 0 bridgehead atoms. The van der Waals surface area contributed by atoms with Crippen LogP contribution >= 0.6 is 11.8 Å². The number of hydrogen-bond acceptors (Lipinski definition) is 7. The number of nitrogens with zero attached hydrogens (tertiary/aromatic N) is 4. The lowest BCUT2D eigenvalue weighted by Crippen LogP contribution is -2.23. The van der Waals surface area contributed by atoms with Gasteiger partial charge in [-0.1, -0.05) is 11.8 Å². The lowest BCUT2D eigenvalue weighted by Gasteiger charge is -2.09. The molecular weight excluding hydrogens is 316 g/mol. The van der Waals surface area contributed by atoms with Crippen LogP contribution in [0.2, 0.25) is 0 Å². The van der Waals surface area contributed by atoms with Gasteiger partial charge in [-0.3, -0.25) is 4.79 Å². The number of thioether (sulfide) groups is 1. The average molecular weight is 334 g/mol. The molecule has 0 aliphatic heterocycles. The molecule has 1 aromatic heterocycles. The maximum Gasteiger partial charge on any atom is 0.296 e. The Balaban J connectivity index is 2.38. The van der Waals surface area contributed by atoms with Crippen LogP contribution in [0.1, 0.15) is 18.2 Å². The first-order valence-corrected chi connectivity index (χ1v) is 8.18. The number of aryl methyl sites for hydroxylation is 1. The summed E-state index contributed by atoms with van der Waals surface area (Å²) in [5.41, 5.74) is 0.779. The van der Waals surface area contributed by atoms with Crippen LogP contribution in [0, 0.1) is 6.92 Å². The molecule has 0 spiro atoms. The number of ether oxygens (including phenoxy) is 2. The summed E-state index contributed by atoms with van der Waals surface area (Å²) >= 11 is 1.30. The van der Waals surface area contributed by atoms with E-state index in [1.807, 2.05) is 19.2 Å². The van der Waals surface area contributed by atoms with Crippen molar-refractivity contribution in [1.29, 1.82) is 0 Å². The second kappa shape index (κ2) is 7.77. The van der Waals surface area contributed by atoms with Crippen molar-refractivity contribution in [3.05, 3.63) is 39.8 Å². The van der Waals surface area contributed by atoms with Gasteiger partial charge in [0, 0.05) is 0 Å². The van der Waals surface area contributed by atoms with Crippen molar-refractivity contribution in [2.75, 3.05) is 20.0 Å². The van der Waals surface area contributed by atoms with Crippen molar-refractivity contribution in [3.63, 3.8) is 0 Å². The summed E-state index contributed by atoms with van der Waals surface area (Å²) in [4.78, 5) is 12.1. The van der Waals surface area contributed by atoms with Gasteiger partial charge in [-0.05, 0) is 43.9 Å². The summed E-state index contributed by atoms with van der Waals surface area (Å²) in [7, 11) is 1.57. The van der Waals surface area contributed by atoms with E-state index in [4.69, 9.17) is 9.47 Å². The highest BCUT2D eigenvalue weighted by Crippen LogP contribution is 2.27. The van der Waals surface area contributed by atoms with Crippen LogP contribution in [0.25, 0.3) is 0 Å². The fraction of sp³-hybridized carbons (Fsp3) is 0.333. The quantitative estimate of drug-likeness (QED) is 0.593. The summed E-state index contributed by atoms with van der Waals surface area (Å²) in [5.74, 6) is 1.27. The van der Waals surface area contributed by atoms with E-state index in [0.29, 0.717) is 29.0 Å². The van der Waals surface area contributed by atoms with Crippen LogP contribution in [-0.2, 0) is 0 Å². The smallest absolute Gasteiger partial charge is 0.296 e. The molecule has 2 aromatic rings. The zero-order chi connectivity index (χ0) is 16.8. The third-order valence-electron chi connectivity index (χ3n) is 2.96. The normalized spacial score (nSPS) is 11.0. The summed E-state index contributed by atoms with van der Waals surface area (Å²) in [6.07, 6.45) is 3.38. The molecule has 0 aliphatic carbocycles. The molecule has 0 fully saturated rings. The summed E-state index contributed by atoms with van der Waals surface area (Å²) in [5, 5.41) is 12.4. The number of methoxy groups -OCH3 is 1. The van der Waals surface area contributed by atoms with Gasteiger partial charge in [-0.15, -0.1) is 10.2 Å². The van der Waals surface area contributed by atoms with Crippen molar-refractivity contribution >= 4 is 18.0 Å². The largest absolute Gasteiger partial charge is 0.493 e. The van der Waals surface area contributed by atoms with Gasteiger partial charge < -0.3 is 9.47 Å². The summed E-state index contributed by atoms with van der Waals surface area (Å²) in [6.45, 7) is 4.06. The first-order chi connectivity index (χ1) is 11.1. The Bertz CT molecular complexity index is 774. The summed E-state index contributed by atoms with van der Waals surface area (Å²) < 4.78 is 12.0. The Labute approximate surface area is 138 Å². The van der Waals surface area contributed by atoms with Crippen LogP contribution < -0.4 is 15.0 Å². The molecule has 0 atom stereocenters. The van der Waals surface area contributed by atoms with E-state index in [-0.39, 0.29) is 5.56 Å². The van der Waals surface area contributed by atoms with E-state index in [2.05, 4.69) is 15.3 Å². The van der Waals surface area contributed by atoms with Crippen molar-refractivity contribution in [1.82, 2.24) is 14.9 Å². The van der Waals surface area contributed by atoms with E-state index in [1.54, 1.807) is 32.4 Å². The highest BCUT2D eigenvalue weighted by Gasteiger charge is 2.08. The molecule has 0 aliphatic rings. The Kier molecular flexibility index (Phi) is 5.75. The van der Waals surface area contributed by atoms with Gasteiger partial charge in [0.1, 0.15) is 5.69 Å². The molecule has 0 unspecified atom stereocenters. The average Bonchev–Trinajstić information content (AvgIpc) is 2.57. The molecule has 23 heavy (non-hydrogen) atoms. The Morgan fingerprint density at radius 1 is 1.35 bits per heavy atom. The Morgan fingerprint density at radius 3 is 2.78 bits per heavy atom. The highest BCUT2D eigenvalue weighted by atomic mass is 32.2. The zero-order valence-corrected chi connectivity index (χ0v) is 14.3. The topological polar surface area (TPSA) is 78.6 Å². The first kappa shape index (κ1) is 17.0. The second-order valence-electron chi connectivity index (χ2n) is 4.48. The van der Waals surface area contributed by atoms with Crippen molar-refractivity contribution in [3.8, 4) is 11.5 Å². The molecule has 0 N–H and O–H groups in total.